The molecule has 1 aromatic rings. The molecule has 1 heterocycles. The Morgan fingerprint density at radius 3 is 2.71 bits per heavy atom. The third kappa shape index (κ3) is 4.24. The predicted molar refractivity (Wildman–Crippen MR) is 86.4 cm³/mol. The van der Waals surface area contributed by atoms with Crippen LogP contribution in [-0.2, 0) is 14.3 Å². The molecule has 2 N–H and O–H groups in total. The zero-order chi connectivity index (χ0) is 17.5. The van der Waals surface area contributed by atoms with E-state index in [9.17, 15) is 14.4 Å². The number of rotatable bonds is 6. The number of esters is 1. The quantitative estimate of drug-likeness (QED) is 0.786. The maximum absolute atomic E-state index is 12.3. The van der Waals surface area contributed by atoms with Gasteiger partial charge in [-0.05, 0) is 38.3 Å². The summed E-state index contributed by atoms with van der Waals surface area (Å²) in [6.45, 7) is 2.24. The maximum atomic E-state index is 12.3. The van der Waals surface area contributed by atoms with Gasteiger partial charge in [-0.15, -0.1) is 0 Å². The molecule has 24 heavy (non-hydrogen) atoms. The molecule has 0 spiro atoms. The van der Waals surface area contributed by atoms with Crippen molar-refractivity contribution >= 4 is 17.8 Å². The number of likely N-dealkylation sites (tertiary alicyclic amines) is 1. The summed E-state index contributed by atoms with van der Waals surface area (Å²) in [6.07, 6.45) is 2.19. The summed E-state index contributed by atoms with van der Waals surface area (Å²) in [4.78, 5) is 37.3. The van der Waals surface area contributed by atoms with Crippen LogP contribution in [0.4, 0.5) is 0 Å². The summed E-state index contributed by atoms with van der Waals surface area (Å²) in [5, 5.41) is 0. The fourth-order valence-electron chi connectivity index (χ4n) is 2.73. The maximum Gasteiger partial charge on any atom is 0.342 e. The first-order valence-electron chi connectivity index (χ1n) is 8.02. The second-order valence-electron chi connectivity index (χ2n) is 5.51. The summed E-state index contributed by atoms with van der Waals surface area (Å²) in [6, 6.07) is 6.05. The van der Waals surface area contributed by atoms with Crippen LogP contribution in [0.3, 0.4) is 0 Å². The molecule has 1 aliphatic rings. The normalized spacial score (nSPS) is 17.2. The van der Waals surface area contributed by atoms with Crippen LogP contribution in [0.15, 0.2) is 24.3 Å². The Morgan fingerprint density at radius 2 is 2.00 bits per heavy atom. The van der Waals surface area contributed by atoms with E-state index >= 15 is 0 Å². The second-order valence-corrected chi connectivity index (χ2v) is 5.51. The van der Waals surface area contributed by atoms with E-state index in [0.29, 0.717) is 25.3 Å². The van der Waals surface area contributed by atoms with Crippen LogP contribution in [0.2, 0.25) is 0 Å². The minimum Gasteiger partial charge on any atom is -0.493 e. The number of carbonyl (C=O) groups is 3. The van der Waals surface area contributed by atoms with Crippen LogP contribution in [-0.4, -0.2) is 48.5 Å². The highest BCUT2D eigenvalue weighted by Crippen LogP contribution is 2.20. The van der Waals surface area contributed by atoms with E-state index in [1.807, 2.05) is 6.92 Å². The average molecular weight is 334 g/mol. The highest BCUT2D eigenvalue weighted by molar-refractivity contribution is 5.94. The largest absolute Gasteiger partial charge is 0.493 e. The summed E-state index contributed by atoms with van der Waals surface area (Å²) >= 11 is 0. The Bertz CT molecular complexity index is 617. The Morgan fingerprint density at radius 1 is 1.25 bits per heavy atom. The molecule has 2 rings (SSSR count). The number of nitrogens with two attached hydrogens (primary N) is 1. The third-order valence-electron chi connectivity index (χ3n) is 3.89. The third-order valence-corrected chi connectivity index (χ3v) is 3.89. The minimum atomic E-state index is -0.639. The van der Waals surface area contributed by atoms with Crippen LogP contribution in [0.25, 0.3) is 0 Å². The number of amides is 2. The Hall–Kier alpha value is -2.57. The fraction of sp³-hybridized carbons (Fsp3) is 0.471. The molecule has 7 heteroatoms. The smallest absolute Gasteiger partial charge is 0.342 e. The van der Waals surface area contributed by atoms with Gasteiger partial charge in [-0.1, -0.05) is 12.1 Å². The zero-order valence-corrected chi connectivity index (χ0v) is 13.7. The van der Waals surface area contributed by atoms with Gasteiger partial charge in [0.2, 0.25) is 5.91 Å². The number of primary amides is 1. The molecule has 1 aliphatic heterocycles. The molecule has 0 unspecified atom stereocenters. The van der Waals surface area contributed by atoms with E-state index in [0.717, 1.165) is 12.8 Å². The average Bonchev–Trinajstić information content (AvgIpc) is 2.60. The monoisotopic (exact) mass is 334 g/mol. The zero-order valence-electron chi connectivity index (χ0n) is 13.7. The van der Waals surface area contributed by atoms with E-state index in [1.54, 1.807) is 24.3 Å². The van der Waals surface area contributed by atoms with E-state index in [-0.39, 0.29) is 5.56 Å². The topological polar surface area (TPSA) is 98.9 Å². The number of para-hydroxylation sites is 1. The summed E-state index contributed by atoms with van der Waals surface area (Å²) < 4.78 is 10.5. The number of piperidine rings is 1. The van der Waals surface area contributed by atoms with Gasteiger partial charge < -0.3 is 20.1 Å². The van der Waals surface area contributed by atoms with Crippen molar-refractivity contribution in [2.24, 2.45) is 5.73 Å². The van der Waals surface area contributed by atoms with Crippen LogP contribution in [0.1, 0.15) is 36.5 Å². The van der Waals surface area contributed by atoms with Crippen LogP contribution < -0.4 is 10.5 Å². The summed E-state index contributed by atoms with van der Waals surface area (Å²) in [7, 11) is 0. The molecule has 0 saturated carbocycles. The first kappa shape index (κ1) is 17.8. The highest BCUT2D eigenvalue weighted by atomic mass is 16.5. The lowest BCUT2D eigenvalue weighted by Crippen LogP contribution is -2.51. The Kier molecular flexibility index (Phi) is 6.17. The molecule has 2 amide bonds. The van der Waals surface area contributed by atoms with Crippen molar-refractivity contribution in [2.45, 2.75) is 32.2 Å². The first-order chi connectivity index (χ1) is 11.5. The molecule has 1 aromatic carbocycles. The number of hydrogen-bond donors (Lipinski definition) is 1. The Balaban J connectivity index is 1.98. The lowest BCUT2D eigenvalue weighted by atomic mass is 10.0. The molecule has 0 radical (unpaired) electrons. The molecule has 7 nitrogen and oxygen atoms in total. The Labute approximate surface area is 140 Å². The van der Waals surface area contributed by atoms with Gasteiger partial charge in [-0.2, -0.15) is 0 Å². The highest BCUT2D eigenvalue weighted by Gasteiger charge is 2.31. The van der Waals surface area contributed by atoms with Crippen molar-refractivity contribution in [2.75, 3.05) is 19.8 Å². The number of carbonyl (C=O) groups excluding carboxylic acids is 3. The predicted octanol–water partition coefficient (Wildman–Crippen LogP) is 1.11. The van der Waals surface area contributed by atoms with E-state index in [4.69, 9.17) is 15.2 Å². The minimum absolute atomic E-state index is 0.261. The molecular formula is C17H22N2O5. The summed E-state index contributed by atoms with van der Waals surface area (Å²) in [5.41, 5.74) is 5.60. The molecule has 1 atom stereocenters. The van der Waals surface area contributed by atoms with E-state index in [2.05, 4.69) is 0 Å². The van der Waals surface area contributed by atoms with Crippen molar-refractivity contribution in [1.29, 1.82) is 0 Å². The van der Waals surface area contributed by atoms with Crippen molar-refractivity contribution in [1.82, 2.24) is 4.90 Å². The lowest BCUT2D eigenvalue weighted by Gasteiger charge is -2.33. The standard InChI is InChI=1S/C17H22N2O5/c1-2-23-14-9-4-3-7-12(14)17(22)24-11-15(20)19-10-6-5-8-13(19)16(18)21/h3-4,7,9,13H,2,5-6,8,10-11H2,1H3,(H2,18,21)/t13-/m0/s1. The number of benzene rings is 1. The SMILES string of the molecule is CCOc1ccccc1C(=O)OCC(=O)N1CCCC[C@H]1C(N)=O. The van der Waals surface area contributed by atoms with Crippen molar-refractivity contribution in [3.05, 3.63) is 29.8 Å². The van der Waals surface area contributed by atoms with E-state index < -0.39 is 30.4 Å². The van der Waals surface area contributed by atoms with Gasteiger partial charge in [-0.25, -0.2) is 4.79 Å². The van der Waals surface area contributed by atoms with Crippen molar-refractivity contribution in [3.63, 3.8) is 0 Å². The molecule has 0 aliphatic carbocycles. The van der Waals surface area contributed by atoms with Crippen molar-refractivity contribution < 1.29 is 23.9 Å². The van der Waals surface area contributed by atoms with Crippen LogP contribution in [0, 0.1) is 0 Å². The number of hydrogen-bond acceptors (Lipinski definition) is 5. The van der Waals surface area contributed by atoms with Gasteiger partial charge in [0, 0.05) is 6.54 Å². The van der Waals surface area contributed by atoms with Gasteiger partial charge in [0.1, 0.15) is 17.4 Å². The van der Waals surface area contributed by atoms with Crippen LogP contribution in [0.5, 0.6) is 5.75 Å². The van der Waals surface area contributed by atoms with Gasteiger partial charge in [0.05, 0.1) is 6.61 Å². The number of nitrogens with zero attached hydrogens (tertiary/aromatic N) is 1. The molecule has 0 aromatic heterocycles. The second kappa shape index (κ2) is 8.33. The molecular weight excluding hydrogens is 312 g/mol. The molecule has 1 fully saturated rings. The van der Waals surface area contributed by atoms with E-state index in [1.165, 1.54) is 4.90 Å². The van der Waals surface area contributed by atoms with Gasteiger partial charge in [0.15, 0.2) is 6.61 Å². The summed E-state index contributed by atoms with van der Waals surface area (Å²) in [5.74, 6) is -1.18. The fourth-order valence-corrected chi connectivity index (χ4v) is 2.73. The van der Waals surface area contributed by atoms with Crippen molar-refractivity contribution in [3.8, 4) is 5.75 Å². The van der Waals surface area contributed by atoms with Crippen LogP contribution >= 0.6 is 0 Å². The number of ether oxygens (including phenoxy) is 2. The lowest BCUT2D eigenvalue weighted by molar-refractivity contribution is -0.143. The molecule has 1 saturated heterocycles. The first-order valence-corrected chi connectivity index (χ1v) is 8.02. The van der Waals surface area contributed by atoms with Gasteiger partial charge in [-0.3, -0.25) is 9.59 Å². The molecule has 130 valence electrons. The molecule has 0 bridgehead atoms. The van der Waals surface area contributed by atoms with Gasteiger partial charge in [0.25, 0.3) is 5.91 Å². The van der Waals surface area contributed by atoms with Gasteiger partial charge >= 0.3 is 5.97 Å².